The van der Waals surface area contributed by atoms with Crippen molar-refractivity contribution in [1.82, 2.24) is 0 Å². The minimum Gasteiger partial charge on any atom is -0.504 e. The Hall–Kier alpha value is -2.48. The number of fused-ring (bicyclic) bond motifs is 1. The molecule has 0 heterocycles. The monoisotopic (exact) mass is 250 g/mol. The first-order valence-electron chi connectivity index (χ1n) is 6.14. The molecule has 0 aromatic heterocycles. The number of rotatable bonds is 2. The van der Waals surface area contributed by atoms with E-state index in [1.807, 2.05) is 24.3 Å². The van der Waals surface area contributed by atoms with Gasteiger partial charge < -0.3 is 9.84 Å². The van der Waals surface area contributed by atoms with Gasteiger partial charge in [0.2, 0.25) is 0 Å². The lowest BCUT2D eigenvalue weighted by molar-refractivity contribution is 0.373. The molecule has 3 aromatic carbocycles. The first-order valence-corrected chi connectivity index (χ1v) is 6.14. The van der Waals surface area contributed by atoms with Gasteiger partial charge in [0, 0.05) is 0 Å². The van der Waals surface area contributed by atoms with Crippen LogP contribution in [0.15, 0.2) is 60.7 Å². The maximum Gasteiger partial charge on any atom is 0.161 e. The number of hydrogen-bond donors (Lipinski definition) is 1. The Morgan fingerprint density at radius 2 is 1.47 bits per heavy atom. The van der Waals surface area contributed by atoms with E-state index in [-0.39, 0.29) is 5.75 Å². The molecule has 0 radical (unpaired) electrons. The molecule has 2 nitrogen and oxygen atoms in total. The Labute approximate surface area is 111 Å². The molecule has 0 spiro atoms. The second-order valence-electron chi connectivity index (χ2n) is 4.45. The van der Waals surface area contributed by atoms with E-state index in [0.717, 1.165) is 11.1 Å². The molecular weight excluding hydrogens is 236 g/mol. The number of benzene rings is 3. The van der Waals surface area contributed by atoms with E-state index in [1.54, 1.807) is 13.2 Å². The molecule has 0 saturated carbocycles. The maximum atomic E-state index is 9.63. The van der Waals surface area contributed by atoms with Gasteiger partial charge in [-0.2, -0.15) is 0 Å². The molecule has 0 bridgehead atoms. The highest BCUT2D eigenvalue weighted by Crippen LogP contribution is 2.32. The van der Waals surface area contributed by atoms with Crippen LogP contribution >= 0.6 is 0 Å². The first kappa shape index (κ1) is 11.6. The van der Waals surface area contributed by atoms with Gasteiger partial charge in [-0.05, 0) is 40.1 Å². The van der Waals surface area contributed by atoms with Crippen molar-refractivity contribution in [2.75, 3.05) is 7.11 Å². The Balaban J connectivity index is 2.13. The minimum absolute atomic E-state index is 0.159. The van der Waals surface area contributed by atoms with Crippen molar-refractivity contribution in [3.63, 3.8) is 0 Å². The van der Waals surface area contributed by atoms with Gasteiger partial charge in [0.15, 0.2) is 11.5 Å². The third-order valence-corrected chi connectivity index (χ3v) is 3.26. The number of phenols is 1. The molecule has 0 aliphatic carbocycles. The van der Waals surface area contributed by atoms with Gasteiger partial charge >= 0.3 is 0 Å². The summed E-state index contributed by atoms with van der Waals surface area (Å²) < 4.78 is 5.14. The van der Waals surface area contributed by atoms with Crippen LogP contribution < -0.4 is 4.74 Å². The third kappa shape index (κ3) is 2.13. The van der Waals surface area contributed by atoms with Gasteiger partial charge in [0.1, 0.15) is 0 Å². The minimum atomic E-state index is 0.159. The predicted octanol–water partition coefficient (Wildman–Crippen LogP) is 4.22. The van der Waals surface area contributed by atoms with Crippen LogP contribution in [0.1, 0.15) is 0 Å². The van der Waals surface area contributed by atoms with Gasteiger partial charge in [0.05, 0.1) is 7.11 Å². The van der Waals surface area contributed by atoms with E-state index in [1.165, 1.54) is 10.8 Å². The fourth-order valence-corrected chi connectivity index (χ4v) is 2.23. The molecule has 0 fully saturated rings. The van der Waals surface area contributed by atoms with Crippen molar-refractivity contribution in [3.05, 3.63) is 60.7 Å². The van der Waals surface area contributed by atoms with Crippen LogP contribution in [0, 0.1) is 0 Å². The van der Waals surface area contributed by atoms with Gasteiger partial charge in [-0.25, -0.2) is 0 Å². The van der Waals surface area contributed by atoms with Crippen molar-refractivity contribution >= 4 is 10.8 Å². The summed E-state index contributed by atoms with van der Waals surface area (Å²) >= 11 is 0. The zero-order chi connectivity index (χ0) is 13.2. The summed E-state index contributed by atoms with van der Waals surface area (Å²) in [6.07, 6.45) is 0. The average molecular weight is 250 g/mol. The van der Waals surface area contributed by atoms with E-state index < -0.39 is 0 Å². The standard InChI is InChI=1S/C17H14O2/c1-19-17-11-15(8-9-16(17)18)14-7-6-12-4-2-3-5-13(12)10-14/h2-11,18H,1H3. The summed E-state index contributed by atoms with van der Waals surface area (Å²) in [6.45, 7) is 0. The fourth-order valence-electron chi connectivity index (χ4n) is 2.23. The molecule has 3 rings (SSSR count). The smallest absolute Gasteiger partial charge is 0.161 e. The summed E-state index contributed by atoms with van der Waals surface area (Å²) in [5, 5.41) is 12.0. The summed E-state index contributed by atoms with van der Waals surface area (Å²) in [5.74, 6) is 0.651. The zero-order valence-electron chi connectivity index (χ0n) is 10.6. The summed E-state index contributed by atoms with van der Waals surface area (Å²) in [6, 6.07) is 20.0. The van der Waals surface area contributed by atoms with Crippen LogP contribution in [0.25, 0.3) is 21.9 Å². The molecule has 0 aliphatic rings. The van der Waals surface area contributed by atoms with Crippen molar-refractivity contribution in [2.45, 2.75) is 0 Å². The van der Waals surface area contributed by atoms with Crippen molar-refractivity contribution in [2.24, 2.45) is 0 Å². The highest BCUT2D eigenvalue weighted by Gasteiger charge is 2.05. The van der Waals surface area contributed by atoms with Gasteiger partial charge in [-0.15, -0.1) is 0 Å². The van der Waals surface area contributed by atoms with Gasteiger partial charge in [0.25, 0.3) is 0 Å². The quantitative estimate of drug-likeness (QED) is 0.737. The van der Waals surface area contributed by atoms with E-state index in [0.29, 0.717) is 5.75 Å². The topological polar surface area (TPSA) is 29.5 Å². The summed E-state index contributed by atoms with van der Waals surface area (Å²) in [4.78, 5) is 0. The molecule has 2 heteroatoms. The highest BCUT2D eigenvalue weighted by molar-refractivity contribution is 5.87. The lowest BCUT2D eigenvalue weighted by Gasteiger charge is -2.08. The molecule has 0 saturated heterocycles. The number of phenolic OH excluding ortho intramolecular Hbond substituents is 1. The Kier molecular flexibility index (Phi) is 2.84. The number of methoxy groups -OCH3 is 1. The Bertz CT molecular complexity index is 732. The summed E-state index contributed by atoms with van der Waals surface area (Å²) in [7, 11) is 1.55. The van der Waals surface area contributed by atoms with Crippen LogP contribution in [0.5, 0.6) is 11.5 Å². The van der Waals surface area contributed by atoms with Gasteiger partial charge in [-0.1, -0.05) is 42.5 Å². The largest absolute Gasteiger partial charge is 0.504 e. The normalized spacial score (nSPS) is 10.6. The van der Waals surface area contributed by atoms with Crippen LogP contribution in [-0.2, 0) is 0 Å². The van der Waals surface area contributed by atoms with Crippen LogP contribution in [0.3, 0.4) is 0 Å². The molecule has 0 atom stereocenters. The maximum absolute atomic E-state index is 9.63. The highest BCUT2D eigenvalue weighted by atomic mass is 16.5. The number of aromatic hydroxyl groups is 1. The van der Waals surface area contributed by atoms with Crippen molar-refractivity contribution in [1.29, 1.82) is 0 Å². The zero-order valence-corrected chi connectivity index (χ0v) is 10.6. The molecular formula is C17H14O2. The molecule has 0 aliphatic heterocycles. The fraction of sp³-hybridized carbons (Fsp3) is 0.0588. The lowest BCUT2D eigenvalue weighted by atomic mass is 10.0. The van der Waals surface area contributed by atoms with E-state index in [2.05, 4.69) is 30.3 Å². The van der Waals surface area contributed by atoms with E-state index >= 15 is 0 Å². The Morgan fingerprint density at radius 3 is 2.26 bits per heavy atom. The SMILES string of the molecule is COc1cc(-c2ccc3ccccc3c2)ccc1O. The van der Waals surface area contributed by atoms with Gasteiger partial charge in [-0.3, -0.25) is 0 Å². The number of hydrogen-bond acceptors (Lipinski definition) is 2. The lowest BCUT2D eigenvalue weighted by Crippen LogP contribution is -1.85. The van der Waals surface area contributed by atoms with Crippen LogP contribution in [-0.4, -0.2) is 12.2 Å². The third-order valence-electron chi connectivity index (χ3n) is 3.26. The molecule has 19 heavy (non-hydrogen) atoms. The number of ether oxygens (including phenoxy) is 1. The molecule has 0 unspecified atom stereocenters. The first-order chi connectivity index (χ1) is 9.28. The molecule has 94 valence electrons. The predicted molar refractivity (Wildman–Crippen MR) is 77.6 cm³/mol. The van der Waals surface area contributed by atoms with Crippen molar-refractivity contribution < 1.29 is 9.84 Å². The van der Waals surface area contributed by atoms with Crippen LogP contribution in [0.4, 0.5) is 0 Å². The van der Waals surface area contributed by atoms with E-state index in [4.69, 9.17) is 4.74 Å². The Morgan fingerprint density at radius 1 is 0.789 bits per heavy atom. The van der Waals surface area contributed by atoms with Crippen LogP contribution in [0.2, 0.25) is 0 Å². The average Bonchev–Trinajstić information content (AvgIpc) is 2.47. The van der Waals surface area contributed by atoms with E-state index in [9.17, 15) is 5.11 Å². The molecule has 3 aromatic rings. The van der Waals surface area contributed by atoms with Crippen molar-refractivity contribution in [3.8, 4) is 22.6 Å². The molecule has 1 N–H and O–H groups in total. The molecule has 0 amide bonds. The summed E-state index contributed by atoms with van der Waals surface area (Å²) in [5.41, 5.74) is 2.14. The second kappa shape index (κ2) is 4.65. The second-order valence-corrected chi connectivity index (χ2v) is 4.45.